The van der Waals surface area contributed by atoms with Gasteiger partial charge in [0.25, 0.3) is 0 Å². The van der Waals surface area contributed by atoms with Crippen molar-refractivity contribution in [3.63, 3.8) is 0 Å². The van der Waals surface area contributed by atoms with Crippen LogP contribution in [0.15, 0.2) is 86.0 Å². The van der Waals surface area contributed by atoms with E-state index in [1.165, 1.54) is 81.8 Å². The Morgan fingerprint density at radius 2 is 1.08 bits per heavy atom. The van der Waals surface area contributed by atoms with Crippen LogP contribution in [0.5, 0.6) is 0 Å². The Morgan fingerprint density at radius 3 is 1.44 bits per heavy atom. The number of aromatic nitrogens is 8. The van der Waals surface area contributed by atoms with Gasteiger partial charge in [0.05, 0.1) is 33.4 Å². The van der Waals surface area contributed by atoms with Crippen LogP contribution in [0.2, 0.25) is 0 Å². The number of aliphatic hydroxyl groups is 2. The van der Waals surface area contributed by atoms with E-state index in [1.807, 2.05) is 0 Å². The second-order valence-corrected chi connectivity index (χ2v) is 18.2. The predicted octanol–water partition coefficient (Wildman–Crippen LogP) is 6.79. The summed E-state index contributed by atoms with van der Waals surface area (Å²) >= 11 is 0. The van der Waals surface area contributed by atoms with E-state index in [-0.39, 0.29) is 84.4 Å². The van der Waals surface area contributed by atoms with Gasteiger partial charge in [0.1, 0.15) is 5.60 Å². The molecule has 8 heterocycles. The van der Waals surface area contributed by atoms with Crippen molar-refractivity contribution in [1.29, 1.82) is 0 Å². The van der Waals surface area contributed by atoms with Crippen LogP contribution in [0.25, 0.3) is 33.9 Å². The van der Waals surface area contributed by atoms with Crippen molar-refractivity contribution in [1.82, 2.24) is 49.7 Å². The molecule has 0 radical (unpaired) electrons. The van der Waals surface area contributed by atoms with Crippen LogP contribution in [0.1, 0.15) is 57.6 Å². The summed E-state index contributed by atoms with van der Waals surface area (Å²) < 4.78 is 92.6. The highest BCUT2D eigenvalue weighted by Gasteiger charge is 2.61. The predicted molar refractivity (Wildman–Crippen MR) is 247 cm³/mol. The van der Waals surface area contributed by atoms with Gasteiger partial charge in [0.15, 0.2) is 22.8 Å². The minimum Gasteiger partial charge on any atom is -0.444 e. The number of pyridine rings is 4. The van der Waals surface area contributed by atoms with Gasteiger partial charge in [-0.25, -0.2) is 34.1 Å². The molecule has 1 amide bonds. The van der Waals surface area contributed by atoms with E-state index in [2.05, 4.69) is 35.5 Å². The third kappa shape index (κ3) is 10.8. The highest BCUT2D eigenvalue weighted by molar-refractivity contribution is 5.79. The largest absolute Gasteiger partial charge is 0.444 e. The third-order valence-electron chi connectivity index (χ3n) is 12.4. The number of alkyl halides is 6. The lowest BCUT2D eigenvalue weighted by atomic mass is 9.76. The van der Waals surface area contributed by atoms with Crippen molar-refractivity contribution in [2.75, 3.05) is 37.6 Å². The van der Waals surface area contributed by atoms with E-state index in [1.54, 1.807) is 20.8 Å². The Hall–Kier alpha value is -7.85. The molecule has 8 rings (SSSR count). The zero-order valence-corrected chi connectivity index (χ0v) is 39.1. The van der Waals surface area contributed by atoms with Gasteiger partial charge in [0.2, 0.25) is 11.6 Å². The number of anilines is 2. The Balaban J connectivity index is 0.000000218. The fourth-order valence-corrected chi connectivity index (χ4v) is 8.77. The quantitative estimate of drug-likeness (QED) is 0.0536. The van der Waals surface area contributed by atoms with Gasteiger partial charge < -0.3 is 36.6 Å². The number of hydrogen-bond acceptors (Lipinski definition) is 17. The molecule has 2 saturated heterocycles. The molecule has 0 aliphatic carbocycles. The van der Waals surface area contributed by atoms with Gasteiger partial charge in [-0.2, -0.15) is 36.5 Å². The lowest BCUT2D eigenvalue weighted by Gasteiger charge is -2.42. The van der Waals surface area contributed by atoms with Crippen LogP contribution in [0.3, 0.4) is 0 Å². The molecule has 2 unspecified atom stereocenters. The number of halogens is 6. The maximum atomic E-state index is 14.3. The number of nitrogens with two attached hydrogens (primary N) is 2. The average molecular weight is 1030 g/mol. The first-order valence-corrected chi connectivity index (χ1v) is 22.3. The van der Waals surface area contributed by atoms with Crippen LogP contribution >= 0.6 is 0 Å². The van der Waals surface area contributed by atoms with Crippen LogP contribution in [0.4, 0.5) is 54.1 Å². The Labute approximate surface area is 410 Å². The molecule has 2 fully saturated rings. The normalized spacial score (nSPS) is 16.7. The van der Waals surface area contributed by atoms with E-state index >= 15 is 0 Å². The maximum Gasteiger partial charge on any atom is 0.421 e. The molecule has 388 valence electrons. The monoisotopic (exact) mass is 1030 g/mol. The zero-order chi connectivity index (χ0) is 53.3. The molecule has 73 heavy (non-hydrogen) atoms. The van der Waals surface area contributed by atoms with Crippen LogP contribution < -0.4 is 16.8 Å². The minimum atomic E-state index is -5.02. The molecule has 0 saturated carbocycles. The van der Waals surface area contributed by atoms with Gasteiger partial charge >= 0.3 is 29.8 Å². The Morgan fingerprint density at radius 1 is 0.671 bits per heavy atom. The number of amides is 1. The van der Waals surface area contributed by atoms with Crippen LogP contribution in [-0.4, -0.2) is 115 Å². The molecule has 6 aromatic rings. The number of carbonyl (C=O) groups excluding carboxylic acids is 1. The number of piperidine rings is 2. The summed E-state index contributed by atoms with van der Waals surface area (Å²) in [6.45, 7) is 5.84. The summed E-state index contributed by atoms with van der Waals surface area (Å²) in [5.74, 6) is -2.47. The standard InChI is InChI=1S/C25H28F3N7O5.C20H20F3N7O3/c1-23(2,3)40-22(36)33-10-7-16(8-11-33)24(37,25(26,27)28)17-4-5-19(31-13-17)34-14-15(12-32-34)18-6-9-30-21(29)20(18)35(38)39;21-20(22,23)19(31,13-3-6-25-7-4-13)14-1-2-16(27-10-14)29-11-12(9-28-29)15-5-8-26-18(24)17(15)30(32)33/h4-6,9,12-14,16,37H,7-8,10-11H2,1-3H3,(H2,29,30);1-2,5,8-11,13,25,31H,3-4,6-7H2,(H2,24,26). The van der Waals surface area contributed by atoms with E-state index in [9.17, 15) is 61.6 Å². The molecule has 0 spiro atoms. The Kier molecular flexibility index (Phi) is 14.8. The van der Waals surface area contributed by atoms with Crippen molar-refractivity contribution >= 4 is 29.1 Å². The second-order valence-electron chi connectivity index (χ2n) is 18.2. The average Bonchev–Trinajstić information content (AvgIpc) is 4.04. The molecule has 7 N–H and O–H groups in total. The number of carbonyl (C=O) groups is 1. The van der Waals surface area contributed by atoms with E-state index in [0.29, 0.717) is 24.2 Å². The third-order valence-corrected chi connectivity index (χ3v) is 12.4. The molecule has 28 heteroatoms. The summed E-state index contributed by atoms with van der Waals surface area (Å²) in [7, 11) is 0. The summed E-state index contributed by atoms with van der Waals surface area (Å²) in [5.41, 5.74) is 3.71. The summed E-state index contributed by atoms with van der Waals surface area (Å²) in [6, 6.07) is 7.66. The molecule has 2 aliphatic heterocycles. The summed E-state index contributed by atoms with van der Waals surface area (Å²) in [5, 5.41) is 55.9. The van der Waals surface area contributed by atoms with Crippen LogP contribution in [-0.2, 0) is 15.9 Å². The fraction of sp³-hybridized carbons (Fsp3) is 0.400. The van der Waals surface area contributed by atoms with E-state index in [0.717, 1.165) is 18.5 Å². The maximum absolute atomic E-state index is 14.3. The number of nitrogens with zero attached hydrogens (tertiary/aromatic N) is 11. The van der Waals surface area contributed by atoms with Gasteiger partial charge in [-0.3, -0.25) is 20.2 Å². The van der Waals surface area contributed by atoms with Gasteiger partial charge in [-0.1, -0.05) is 12.1 Å². The van der Waals surface area contributed by atoms with E-state index < -0.39 is 68.2 Å². The Bertz CT molecular complexity index is 2950. The first-order chi connectivity index (χ1) is 34.2. The molecule has 0 bridgehead atoms. The number of nitrogens with one attached hydrogen (secondary N) is 1. The highest BCUT2D eigenvalue weighted by atomic mass is 19.4. The summed E-state index contributed by atoms with van der Waals surface area (Å²) in [6.07, 6.45) is -0.325. The number of nitrogen functional groups attached to an aromatic ring is 2. The molecule has 2 aliphatic rings. The minimum absolute atomic E-state index is 0.00873. The summed E-state index contributed by atoms with van der Waals surface area (Å²) in [4.78, 5) is 50.7. The van der Waals surface area contributed by atoms with Gasteiger partial charge in [-0.15, -0.1) is 0 Å². The highest BCUT2D eigenvalue weighted by Crippen LogP contribution is 2.49. The van der Waals surface area contributed by atoms with E-state index in [4.69, 9.17) is 16.2 Å². The smallest absolute Gasteiger partial charge is 0.421 e. The van der Waals surface area contributed by atoms with Crippen molar-refractivity contribution < 1.29 is 55.9 Å². The molecule has 0 aromatic carbocycles. The number of rotatable bonds is 10. The van der Waals surface area contributed by atoms with Crippen molar-refractivity contribution in [3.8, 4) is 33.9 Å². The number of hydrogen-bond donors (Lipinski definition) is 5. The van der Waals surface area contributed by atoms with Crippen molar-refractivity contribution in [2.45, 2.75) is 75.6 Å². The fourth-order valence-electron chi connectivity index (χ4n) is 8.77. The first-order valence-electron chi connectivity index (χ1n) is 22.3. The molecular weight excluding hydrogens is 979 g/mol. The molecular formula is C45H48F6N14O8. The zero-order valence-electron chi connectivity index (χ0n) is 39.1. The number of ether oxygens (including phenoxy) is 1. The number of nitro groups is 2. The number of likely N-dealkylation sites (tertiary alicyclic amines) is 1. The lowest BCUT2D eigenvalue weighted by Crippen LogP contribution is -2.53. The van der Waals surface area contributed by atoms with Crippen molar-refractivity contribution in [2.24, 2.45) is 11.8 Å². The second kappa shape index (κ2) is 20.3. The molecule has 6 aromatic heterocycles. The van der Waals surface area contributed by atoms with Gasteiger partial charge in [-0.05, 0) is 83.8 Å². The van der Waals surface area contributed by atoms with Crippen molar-refractivity contribution in [3.05, 3.63) is 117 Å². The topological polar surface area (TPSA) is 308 Å². The SMILES string of the molecule is CC(C)(C)OC(=O)N1CCC(C(O)(c2ccc(-n3cc(-c4ccnc(N)c4[N+](=O)[O-])cn3)nc2)C(F)(F)F)CC1.Nc1nccc(-c2cnn(-c3ccc(C(O)(C4CCNCC4)C(F)(F)F)cn3)c2)c1[N+](=O)[O-]. The van der Waals surface area contributed by atoms with Crippen LogP contribution in [0, 0.1) is 32.1 Å². The molecule has 2 atom stereocenters. The van der Waals surface area contributed by atoms with Gasteiger partial charge in [0, 0.05) is 84.4 Å². The lowest BCUT2D eigenvalue weighted by molar-refractivity contribution is -0.383. The molecule has 22 nitrogen and oxygen atoms in total. The first kappa shape index (κ1) is 53.0.